The molecule has 5 heteroatoms. The lowest BCUT2D eigenvalue weighted by Gasteiger charge is -2.09. The van der Waals surface area contributed by atoms with E-state index in [1.54, 1.807) is 6.07 Å². The number of carboxylic acid groups (broad SMARTS) is 1. The van der Waals surface area contributed by atoms with Gasteiger partial charge in [0, 0.05) is 5.56 Å². The fourth-order valence-corrected chi connectivity index (χ4v) is 1.46. The topological polar surface area (TPSA) is 61.1 Å². The molecule has 0 aliphatic heterocycles. The first-order valence-corrected chi connectivity index (χ1v) is 4.49. The molecular formula is C11H9F2NO2. The number of halogens is 2. The minimum atomic E-state index is -2.73. The molecular weight excluding hydrogens is 216 g/mol. The van der Waals surface area contributed by atoms with Crippen molar-refractivity contribution in [2.75, 3.05) is 0 Å². The van der Waals surface area contributed by atoms with Crippen LogP contribution in [0, 0.1) is 18.3 Å². The Labute approximate surface area is 90.9 Å². The maximum atomic E-state index is 12.5. The fraction of sp³-hybridized carbons (Fsp3) is 0.273. The summed E-state index contributed by atoms with van der Waals surface area (Å²) in [5, 5.41) is 17.4. The molecule has 0 saturated heterocycles. The first-order chi connectivity index (χ1) is 7.47. The molecule has 0 amide bonds. The zero-order chi connectivity index (χ0) is 12.3. The van der Waals surface area contributed by atoms with Crippen molar-refractivity contribution in [3.63, 3.8) is 0 Å². The quantitative estimate of drug-likeness (QED) is 0.859. The normalized spacial score (nSPS) is 10.2. The Morgan fingerprint density at radius 2 is 2.19 bits per heavy atom. The van der Waals surface area contributed by atoms with Crippen LogP contribution in [0.4, 0.5) is 8.78 Å². The number of nitriles is 1. The summed E-state index contributed by atoms with van der Waals surface area (Å²) in [6, 6.07) is 4.12. The van der Waals surface area contributed by atoms with Crippen LogP contribution in [0.2, 0.25) is 0 Å². The summed E-state index contributed by atoms with van der Waals surface area (Å²) in [6.07, 6.45) is -3.00. The van der Waals surface area contributed by atoms with E-state index in [0.29, 0.717) is 11.1 Å². The van der Waals surface area contributed by atoms with E-state index in [1.807, 2.05) is 0 Å². The largest absolute Gasteiger partial charge is 0.481 e. The maximum absolute atomic E-state index is 12.5. The molecule has 1 N–H and O–H groups in total. The van der Waals surface area contributed by atoms with Crippen LogP contribution in [-0.4, -0.2) is 11.1 Å². The van der Waals surface area contributed by atoms with Crippen molar-refractivity contribution >= 4 is 5.97 Å². The van der Waals surface area contributed by atoms with Gasteiger partial charge in [-0.15, -0.1) is 0 Å². The Kier molecular flexibility index (Phi) is 3.56. The van der Waals surface area contributed by atoms with Crippen LogP contribution >= 0.6 is 0 Å². The number of nitrogens with zero attached hydrogens (tertiary/aromatic N) is 1. The molecule has 16 heavy (non-hydrogen) atoms. The van der Waals surface area contributed by atoms with Gasteiger partial charge in [-0.25, -0.2) is 8.78 Å². The lowest BCUT2D eigenvalue weighted by atomic mass is 9.96. The molecule has 0 bridgehead atoms. The molecule has 1 aromatic carbocycles. The second kappa shape index (κ2) is 4.71. The van der Waals surface area contributed by atoms with Gasteiger partial charge in [0.1, 0.15) is 0 Å². The number of carboxylic acids is 1. The number of alkyl halides is 2. The molecule has 0 saturated carbocycles. The van der Waals surface area contributed by atoms with Crippen LogP contribution in [0.1, 0.15) is 28.7 Å². The van der Waals surface area contributed by atoms with E-state index in [4.69, 9.17) is 10.4 Å². The minimum Gasteiger partial charge on any atom is -0.481 e. The van der Waals surface area contributed by atoms with E-state index >= 15 is 0 Å². The zero-order valence-electron chi connectivity index (χ0n) is 8.50. The smallest absolute Gasteiger partial charge is 0.307 e. The van der Waals surface area contributed by atoms with E-state index in [-0.39, 0.29) is 17.5 Å². The summed E-state index contributed by atoms with van der Waals surface area (Å²) < 4.78 is 25.0. The fourth-order valence-electron chi connectivity index (χ4n) is 1.46. The van der Waals surface area contributed by atoms with E-state index in [2.05, 4.69) is 0 Å². The van der Waals surface area contributed by atoms with E-state index in [9.17, 15) is 13.6 Å². The molecule has 0 radical (unpaired) electrons. The van der Waals surface area contributed by atoms with Gasteiger partial charge in [-0.2, -0.15) is 5.26 Å². The predicted octanol–water partition coefficient (Wildman–Crippen LogP) is 2.43. The Bertz CT molecular complexity index is 464. The molecule has 0 aliphatic rings. The molecule has 3 nitrogen and oxygen atoms in total. The molecule has 1 rings (SSSR count). The predicted molar refractivity (Wildman–Crippen MR) is 52.2 cm³/mol. The lowest BCUT2D eigenvalue weighted by molar-refractivity contribution is -0.136. The molecule has 0 aliphatic carbocycles. The van der Waals surface area contributed by atoms with Gasteiger partial charge in [0.2, 0.25) is 0 Å². The van der Waals surface area contributed by atoms with Crippen molar-refractivity contribution in [1.82, 2.24) is 0 Å². The standard InChI is InChI=1S/C11H9F2NO2/c1-6-7(4-10(15)16)2-3-8(11(12)13)9(6)5-14/h2-3,11H,4H2,1H3,(H,15,16). The Hall–Kier alpha value is -1.96. The molecule has 0 atom stereocenters. The third-order valence-corrected chi connectivity index (χ3v) is 2.30. The summed E-state index contributed by atoms with van der Waals surface area (Å²) in [7, 11) is 0. The first-order valence-electron chi connectivity index (χ1n) is 4.49. The van der Waals surface area contributed by atoms with Crippen LogP contribution in [0.25, 0.3) is 0 Å². The van der Waals surface area contributed by atoms with Crippen molar-refractivity contribution in [1.29, 1.82) is 5.26 Å². The Balaban J connectivity index is 3.30. The Morgan fingerprint density at radius 1 is 1.56 bits per heavy atom. The highest BCUT2D eigenvalue weighted by molar-refractivity contribution is 5.71. The molecule has 0 heterocycles. The van der Waals surface area contributed by atoms with Crippen molar-refractivity contribution in [3.8, 4) is 6.07 Å². The lowest BCUT2D eigenvalue weighted by Crippen LogP contribution is -2.05. The maximum Gasteiger partial charge on any atom is 0.307 e. The average molecular weight is 225 g/mol. The molecule has 1 aromatic rings. The molecule has 0 fully saturated rings. The van der Waals surface area contributed by atoms with Gasteiger partial charge in [0.15, 0.2) is 0 Å². The van der Waals surface area contributed by atoms with Crippen LogP contribution in [0.3, 0.4) is 0 Å². The number of aliphatic carboxylic acids is 1. The van der Waals surface area contributed by atoms with Crippen LogP contribution in [0.15, 0.2) is 12.1 Å². The second-order valence-electron chi connectivity index (χ2n) is 3.30. The monoisotopic (exact) mass is 225 g/mol. The molecule has 84 valence electrons. The van der Waals surface area contributed by atoms with Gasteiger partial charge in [-0.3, -0.25) is 4.79 Å². The second-order valence-corrected chi connectivity index (χ2v) is 3.30. The number of hydrogen-bond donors (Lipinski definition) is 1. The minimum absolute atomic E-state index is 0.131. The number of rotatable bonds is 3. The number of carbonyl (C=O) groups is 1. The van der Waals surface area contributed by atoms with Crippen molar-refractivity contribution in [3.05, 3.63) is 34.4 Å². The van der Waals surface area contributed by atoms with Gasteiger partial charge in [-0.05, 0) is 18.1 Å². The summed E-state index contributed by atoms with van der Waals surface area (Å²) >= 11 is 0. The molecule has 0 aromatic heterocycles. The third kappa shape index (κ3) is 2.34. The summed E-state index contributed by atoms with van der Waals surface area (Å²) in [5.74, 6) is -1.06. The Morgan fingerprint density at radius 3 is 2.62 bits per heavy atom. The van der Waals surface area contributed by atoms with Gasteiger partial charge >= 0.3 is 5.97 Å². The first kappa shape index (κ1) is 12.1. The van der Waals surface area contributed by atoms with E-state index in [0.717, 1.165) is 6.07 Å². The van der Waals surface area contributed by atoms with E-state index in [1.165, 1.54) is 13.0 Å². The highest BCUT2D eigenvalue weighted by Gasteiger charge is 2.17. The molecule has 0 unspecified atom stereocenters. The van der Waals surface area contributed by atoms with Crippen LogP contribution in [-0.2, 0) is 11.2 Å². The highest BCUT2D eigenvalue weighted by atomic mass is 19.3. The summed E-state index contributed by atoms with van der Waals surface area (Å²) in [4.78, 5) is 10.5. The van der Waals surface area contributed by atoms with E-state index < -0.39 is 12.4 Å². The molecule has 0 spiro atoms. The van der Waals surface area contributed by atoms with Crippen molar-refractivity contribution in [2.24, 2.45) is 0 Å². The van der Waals surface area contributed by atoms with Gasteiger partial charge in [0.25, 0.3) is 6.43 Å². The van der Waals surface area contributed by atoms with Crippen molar-refractivity contribution in [2.45, 2.75) is 19.8 Å². The number of hydrogen-bond acceptors (Lipinski definition) is 2. The highest BCUT2D eigenvalue weighted by Crippen LogP contribution is 2.26. The number of benzene rings is 1. The zero-order valence-corrected chi connectivity index (χ0v) is 8.50. The third-order valence-electron chi connectivity index (χ3n) is 2.30. The van der Waals surface area contributed by atoms with Gasteiger partial charge in [0.05, 0.1) is 18.1 Å². The summed E-state index contributed by atoms with van der Waals surface area (Å²) in [5.41, 5.74) is 0.207. The summed E-state index contributed by atoms with van der Waals surface area (Å²) in [6.45, 7) is 1.47. The van der Waals surface area contributed by atoms with Crippen LogP contribution in [0.5, 0.6) is 0 Å². The average Bonchev–Trinajstić information content (AvgIpc) is 2.19. The van der Waals surface area contributed by atoms with Gasteiger partial charge in [-0.1, -0.05) is 12.1 Å². The van der Waals surface area contributed by atoms with Crippen LogP contribution < -0.4 is 0 Å². The van der Waals surface area contributed by atoms with Crippen molar-refractivity contribution < 1.29 is 18.7 Å². The van der Waals surface area contributed by atoms with Gasteiger partial charge < -0.3 is 5.11 Å². The SMILES string of the molecule is Cc1c(CC(=O)O)ccc(C(F)F)c1C#N.